The molecule has 2 aromatic rings. The Morgan fingerprint density at radius 2 is 2.24 bits per heavy atom. The number of rotatable bonds is 3. The van der Waals surface area contributed by atoms with Crippen LogP contribution in [0.25, 0.3) is 11.6 Å². The molecule has 0 aliphatic carbocycles. The average Bonchev–Trinajstić information content (AvgIpc) is 2.71. The summed E-state index contributed by atoms with van der Waals surface area (Å²) in [6.45, 7) is 4.83. The van der Waals surface area contributed by atoms with E-state index in [1.807, 2.05) is 19.9 Å². The summed E-state index contributed by atoms with van der Waals surface area (Å²) in [5.41, 5.74) is 0.940. The number of aromatic nitrogens is 2. The molecule has 0 amide bonds. The maximum atomic E-state index is 5.38. The minimum absolute atomic E-state index is 0.593. The average molecular weight is 408 g/mol. The lowest BCUT2D eigenvalue weighted by molar-refractivity contribution is 0.575. The van der Waals surface area contributed by atoms with Crippen molar-refractivity contribution in [2.24, 2.45) is 0 Å². The van der Waals surface area contributed by atoms with Gasteiger partial charge in [0.1, 0.15) is 5.82 Å². The van der Waals surface area contributed by atoms with E-state index in [0.717, 1.165) is 26.1 Å². The summed E-state index contributed by atoms with van der Waals surface area (Å²) in [5, 5.41) is 3.22. The van der Waals surface area contributed by atoms with Gasteiger partial charge in [0.25, 0.3) is 0 Å². The van der Waals surface area contributed by atoms with Crippen LogP contribution in [-0.2, 0) is 0 Å². The molecule has 0 fully saturated rings. The molecule has 1 N–H and O–H groups in total. The third kappa shape index (κ3) is 2.62. The zero-order chi connectivity index (χ0) is 12.4. The molecule has 0 atom stereocenters. The second kappa shape index (κ2) is 5.34. The second-order valence-corrected chi connectivity index (χ2v) is 5.36. The molecule has 0 aliphatic rings. The fraction of sp³-hybridized carbons (Fsp3) is 0.273. The topological polar surface area (TPSA) is 51.0 Å². The van der Waals surface area contributed by atoms with Crippen LogP contribution in [0, 0.1) is 10.5 Å². The first-order valence-corrected chi connectivity index (χ1v) is 7.02. The lowest BCUT2D eigenvalue weighted by Gasteiger charge is -2.09. The van der Waals surface area contributed by atoms with Gasteiger partial charge in [-0.05, 0) is 58.4 Å². The van der Waals surface area contributed by atoms with Crippen LogP contribution in [0.3, 0.4) is 0 Å². The summed E-state index contributed by atoms with van der Waals surface area (Å²) in [7, 11) is 0. The van der Waals surface area contributed by atoms with Crippen molar-refractivity contribution in [3.8, 4) is 11.6 Å². The van der Waals surface area contributed by atoms with Gasteiger partial charge in [-0.25, -0.2) is 9.97 Å². The summed E-state index contributed by atoms with van der Waals surface area (Å²) in [6.07, 6.45) is 1.61. The van der Waals surface area contributed by atoms with Crippen LogP contribution >= 0.6 is 38.5 Å². The predicted molar refractivity (Wildman–Crippen MR) is 79.1 cm³/mol. The van der Waals surface area contributed by atoms with E-state index in [1.165, 1.54) is 0 Å². The Bertz CT molecular complexity index is 542. The van der Waals surface area contributed by atoms with Crippen LogP contribution in [0.1, 0.15) is 12.6 Å². The van der Waals surface area contributed by atoms with Crippen LogP contribution in [0.2, 0.25) is 0 Å². The molecule has 0 spiro atoms. The summed E-state index contributed by atoms with van der Waals surface area (Å²) < 4.78 is 7.28. The summed E-state index contributed by atoms with van der Waals surface area (Å²) >= 11 is 5.66. The van der Waals surface area contributed by atoms with Crippen molar-refractivity contribution < 1.29 is 4.42 Å². The van der Waals surface area contributed by atoms with E-state index in [2.05, 4.69) is 53.8 Å². The highest BCUT2D eigenvalue weighted by Crippen LogP contribution is 2.29. The van der Waals surface area contributed by atoms with E-state index in [1.54, 1.807) is 6.26 Å². The van der Waals surface area contributed by atoms with Gasteiger partial charge in [0, 0.05) is 6.54 Å². The van der Waals surface area contributed by atoms with Crippen LogP contribution in [-0.4, -0.2) is 16.5 Å². The Morgan fingerprint density at radius 3 is 2.82 bits per heavy atom. The minimum Gasteiger partial charge on any atom is -0.460 e. The Hall–Kier alpha value is -0.630. The first-order chi connectivity index (χ1) is 8.13. The van der Waals surface area contributed by atoms with Crippen LogP contribution in [0.15, 0.2) is 21.2 Å². The lowest BCUT2D eigenvalue weighted by Crippen LogP contribution is -2.06. The van der Waals surface area contributed by atoms with Crippen molar-refractivity contribution in [2.75, 3.05) is 11.9 Å². The van der Waals surface area contributed by atoms with Crippen LogP contribution in [0.4, 0.5) is 5.82 Å². The molecule has 0 radical (unpaired) electrons. The molecule has 4 nitrogen and oxygen atoms in total. The molecular weight excluding hydrogens is 397 g/mol. The number of furan rings is 1. The van der Waals surface area contributed by atoms with Gasteiger partial charge in [-0.1, -0.05) is 0 Å². The quantitative estimate of drug-likeness (QED) is 0.785. The van der Waals surface area contributed by atoms with Crippen LogP contribution < -0.4 is 5.32 Å². The second-order valence-electron chi connectivity index (χ2n) is 3.42. The number of hydrogen-bond acceptors (Lipinski definition) is 4. The summed E-state index contributed by atoms with van der Waals surface area (Å²) in [6, 6.07) is 1.83. The molecule has 6 heteroatoms. The molecule has 90 valence electrons. The number of nitrogens with one attached hydrogen (secondary N) is 1. The third-order valence-electron chi connectivity index (χ3n) is 2.18. The Labute approximate surface area is 121 Å². The molecule has 2 rings (SSSR count). The van der Waals surface area contributed by atoms with Crippen molar-refractivity contribution in [1.29, 1.82) is 0 Å². The van der Waals surface area contributed by atoms with Crippen molar-refractivity contribution in [3.05, 3.63) is 26.1 Å². The number of hydrogen-bond donors (Lipinski definition) is 1. The Balaban J connectivity index is 2.53. The first-order valence-electron chi connectivity index (χ1n) is 5.14. The predicted octanol–water partition coefficient (Wildman–Crippen LogP) is 3.84. The van der Waals surface area contributed by atoms with Crippen molar-refractivity contribution in [3.63, 3.8) is 0 Å². The van der Waals surface area contributed by atoms with Gasteiger partial charge in [-0.2, -0.15) is 0 Å². The highest BCUT2D eigenvalue weighted by Gasteiger charge is 2.14. The fourth-order valence-electron chi connectivity index (χ4n) is 1.40. The lowest BCUT2D eigenvalue weighted by atomic mass is 10.3. The highest BCUT2D eigenvalue weighted by molar-refractivity contribution is 14.1. The third-order valence-corrected chi connectivity index (χ3v) is 4.10. The van der Waals surface area contributed by atoms with Crippen LogP contribution in [0.5, 0.6) is 0 Å². The van der Waals surface area contributed by atoms with E-state index in [-0.39, 0.29) is 0 Å². The van der Waals surface area contributed by atoms with Gasteiger partial charge in [-0.3, -0.25) is 0 Å². The molecule has 17 heavy (non-hydrogen) atoms. The summed E-state index contributed by atoms with van der Waals surface area (Å²) in [4.78, 5) is 8.91. The van der Waals surface area contributed by atoms with Gasteiger partial charge in [0.05, 0.1) is 20.0 Å². The zero-order valence-corrected chi connectivity index (χ0v) is 13.2. The minimum atomic E-state index is 0.593. The van der Waals surface area contributed by atoms with Gasteiger partial charge in [0.2, 0.25) is 0 Å². The maximum absolute atomic E-state index is 5.38. The fourth-order valence-corrected chi connectivity index (χ4v) is 2.21. The molecule has 0 saturated carbocycles. The highest BCUT2D eigenvalue weighted by atomic mass is 127. The molecule has 0 bridgehead atoms. The summed E-state index contributed by atoms with van der Waals surface area (Å²) in [5.74, 6) is 2.10. The zero-order valence-electron chi connectivity index (χ0n) is 9.42. The molecule has 0 unspecified atom stereocenters. The number of nitrogens with zero attached hydrogens (tertiary/aromatic N) is 2. The largest absolute Gasteiger partial charge is 0.460 e. The van der Waals surface area contributed by atoms with E-state index >= 15 is 0 Å². The molecule has 2 heterocycles. The van der Waals surface area contributed by atoms with Gasteiger partial charge < -0.3 is 9.73 Å². The maximum Gasteiger partial charge on any atom is 0.199 e. The standard InChI is InChI=1S/C11H11BrIN3O/c1-3-14-10-8(13)6(2)15-11(16-10)9-7(12)4-5-17-9/h4-5H,3H2,1-2H3,(H,14,15,16). The monoisotopic (exact) mass is 407 g/mol. The number of halogens is 2. The van der Waals surface area contributed by atoms with Gasteiger partial charge in [0.15, 0.2) is 11.6 Å². The molecule has 0 aromatic carbocycles. The number of aryl methyl sites for hydroxylation is 1. The molecule has 2 aromatic heterocycles. The van der Waals surface area contributed by atoms with E-state index < -0.39 is 0 Å². The van der Waals surface area contributed by atoms with Gasteiger partial charge >= 0.3 is 0 Å². The van der Waals surface area contributed by atoms with E-state index in [9.17, 15) is 0 Å². The van der Waals surface area contributed by atoms with E-state index in [0.29, 0.717) is 11.6 Å². The van der Waals surface area contributed by atoms with Crippen molar-refractivity contribution in [1.82, 2.24) is 9.97 Å². The first kappa shape index (κ1) is 12.8. The smallest absolute Gasteiger partial charge is 0.199 e. The molecule has 0 aliphatic heterocycles. The van der Waals surface area contributed by atoms with E-state index in [4.69, 9.17) is 4.42 Å². The molecule has 0 saturated heterocycles. The normalized spacial score (nSPS) is 10.6. The SMILES string of the molecule is CCNc1nc(-c2occc2Br)nc(C)c1I. The van der Waals surface area contributed by atoms with Crippen molar-refractivity contribution in [2.45, 2.75) is 13.8 Å². The number of anilines is 1. The molecular formula is C11H11BrIN3O. The Kier molecular flexibility index (Phi) is 4.03. The van der Waals surface area contributed by atoms with Gasteiger partial charge in [-0.15, -0.1) is 0 Å². The van der Waals surface area contributed by atoms with Crippen molar-refractivity contribution >= 4 is 44.3 Å². The Morgan fingerprint density at radius 1 is 1.47 bits per heavy atom.